The molecule has 0 aromatic heterocycles. The van der Waals surface area contributed by atoms with E-state index in [0.717, 1.165) is 11.3 Å². The Balaban J connectivity index is 2.16. The minimum absolute atomic E-state index is 0.336. The Bertz CT molecular complexity index is 463. The van der Waals surface area contributed by atoms with Crippen molar-refractivity contribution in [3.8, 4) is 0 Å². The zero-order chi connectivity index (χ0) is 14.0. The number of benzene rings is 1. The van der Waals surface area contributed by atoms with Crippen LogP contribution in [0.15, 0.2) is 18.2 Å². The van der Waals surface area contributed by atoms with Gasteiger partial charge in [-0.25, -0.2) is 9.80 Å². The number of aryl methyl sites for hydroxylation is 1. The maximum absolute atomic E-state index is 10.9. The second-order valence-electron chi connectivity index (χ2n) is 5.48. The Morgan fingerprint density at radius 3 is 2.47 bits per heavy atom. The number of rotatable bonds is 3. The molecule has 1 aliphatic rings. The largest absolute Gasteiger partial charge is 0.478 e. The third-order valence-electron chi connectivity index (χ3n) is 3.92. The summed E-state index contributed by atoms with van der Waals surface area (Å²) in [5, 5.41) is 11.3. The molecule has 2 unspecified atom stereocenters. The number of hydrogen-bond acceptors (Lipinski definition) is 3. The number of nitrogens with one attached hydrogen (secondary N) is 1. The van der Waals surface area contributed by atoms with Crippen LogP contribution < -0.4 is 5.43 Å². The van der Waals surface area contributed by atoms with Crippen LogP contribution in [0.5, 0.6) is 0 Å². The Hall–Kier alpha value is -1.55. The lowest BCUT2D eigenvalue weighted by Gasteiger charge is -2.39. The molecule has 2 rings (SSSR count). The molecular weight excluding hydrogens is 240 g/mol. The fourth-order valence-corrected chi connectivity index (χ4v) is 2.70. The van der Waals surface area contributed by atoms with Crippen LogP contribution in [0.4, 0.5) is 5.69 Å². The lowest BCUT2D eigenvalue weighted by Crippen LogP contribution is -2.47. The quantitative estimate of drug-likeness (QED) is 0.877. The highest BCUT2D eigenvalue weighted by atomic mass is 16.4. The first-order chi connectivity index (χ1) is 8.99. The number of nitrogens with zero attached hydrogens (tertiary/aromatic N) is 1. The molecule has 4 nitrogen and oxygen atoms in total. The first-order valence-electron chi connectivity index (χ1n) is 6.88. The lowest BCUT2D eigenvalue weighted by molar-refractivity contribution is 0.0696. The molecule has 1 saturated heterocycles. The van der Waals surface area contributed by atoms with Gasteiger partial charge < -0.3 is 10.5 Å². The summed E-state index contributed by atoms with van der Waals surface area (Å²) in [5.74, 6) is -0.880. The van der Waals surface area contributed by atoms with Gasteiger partial charge >= 0.3 is 5.97 Å². The fraction of sp³-hybridized carbons (Fsp3) is 0.533. The third-order valence-corrected chi connectivity index (χ3v) is 3.92. The molecule has 1 heterocycles. The van der Waals surface area contributed by atoms with Crippen molar-refractivity contribution in [1.29, 1.82) is 0 Å². The van der Waals surface area contributed by atoms with Crippen LogP contribution in [0.3, 0.4) is 0 Å². The molecule has 19 heavy (non-hydrogen) atoms. The van der Waals surface area contributed by atoms with Crippen molar-refractivity contribution in [2.24, 2.45) is 0 Å². The van der Waals surface area contributed by atoms with E-state index in [9.17, 15) is 4.79 Å². The predicted octanol–water partition coefficient (Wildman–Crippen LogP) is 3.28. The second kappa shape index (κ2) is 5.61. The molecule has 0 saturated carbocycles. The van der Waals surface area contributed by atoms with E-state index in [-0.39, 0.29) is 0 Å². The van der Waals surface area contributed by atoms with Crippen LogP contribution >= 0.6 is 0 Å². The highest BCUT2D eigenvalue weighted by Gasteiger charge is 2.24. The topological polar surface area (TPSA) is 52.6 Å². The molecule has 1 aromatic rings. The van der Waals surface area contributed by atoms with Crippen LogP contribution in [0.1, 0.15) is 49.0 Å². The molecule has 0 amide bonds. The van der Waals surface area contributed by atoms with E-state index in [4.69, 9.17) is 5.11 Å². The molecule has 0 radical (unpaired) electrons. The molecule has 2 atom stereocenters. The molecule has 1 aliphatic heterocycles. The van der Waals surface area contributed by atoms with Crippen molar-refractivity contribution in [3.05, 3.63) is 29.3 Å². The van der Waals surface area contributed by atoms with Gasteiger partial charge in [0.1, 0.15) is 0 Å². The van der Waals surface area contributed by atoms with Crippen LogP contribution in [0, 0.1) is 6.92 Å². The Kier molecular flexibility index (Phi) is 4.10. The number of carboxylic acid groups (broad SMARTS) is 1. The zero-order valence-electron chi connectivity index (χ0n) is 11.8. The summed E-state index contributed by atoms with van der Waals surface area (Å²) in [4.78, 5) is 10.9. The van der Waals surface area contributed by atoms with Gasteiger partial charge in [0.05, 0.1) is 11.3 Å². The van der Waals surface area contributed by atoms with E-state index in [0.29, 0.717) is 17.6 Å². The summed E-state index contributed by atoms with van der Waals surface area (Å²) in [7, 11) is 0. The first-order valence-corrected chi connectivity index (χ1v) is 6.88. The molecule has 104 valence electrons. The first kappa shape index (κ1) is 13.9. The summed E-state index contributed by atoms with van der Waals surface area (Å²) < 4.78 is 0. The summed E-state index contributed by atoms with van der Waals surface area (Å²) >= 11 is 0. The number of carboxylic acids is 1. The minimum atomic E-state index is -0.880. The van der Waals surface area contributed by atoms with Crippen molar-refractivity contribution in [2.75, 3.05) is 5.43 Å². The SMILES string of the molecule is Cc1cc(C(=O)O)ccc1NN1C(C)CCCC1C. The van der Waals surface area contributed by atoms with Gasteiger partial charge in [-0.15, -0.1) is 0 Å². The molecule has 0 spiro atoms. The van der Waals surface area contributed by atoms with Gasteiger partial charge in [-0.3, -0.25) is 0 Å². The number of hydrazine groups is 1. The fourth-order valence-electron chi connectivity index (χ4n) is 2.70. The van der Waals surface area contributed by atoms with Gasteiger partial charge in [-0.1, -0.05) is 6.42 Å². The van der Waals surface area contributed by atoms with Crippen molar-refractivity contribution < 1.29 is 9.90 Å². The average Bonchev–Trinajstić information content (AvgIpc) is 2.35. The zero-order valence-corrected chi connectivity index (χ0v) is 11.8. The third kappa shape index (κ3) is 3.07. The molecule has 0 bridgehead atoms. The number of hydrogen-bond donors (Lipinski definition) is 2. The Labute approximate surface area is 114 Å². The van der Waals surface area contributed by atoms with Crippen LogP contribution in [-0.2, 0) is 0 Å². The number of carbonyl (C=O) groups is 1. The number of aromatic carboxylic acids is 1. The van der Waals surface area contributed by atoms with Gasteiger partial charge in [0.15, 0.2) is 0 Å². The molecule has 0 aliphatic carbocycles. The number of piperidine rings is 1. The normalized spacial score (nSPS) is 24.2. The van der Waals surface area contributed by atoms with Gasteiger partial charge in [-0.05, 0) is 57.4 Å². The van der Waals surface area contributed by atoms with E-state index in [2.05, 4.69) is 24.3 Å². The maximum Gasteiger partial charge on any atom is 0.335 e. The van der Waals surface area contributed by atoms with Gasteiger partial charge in [-0.2, -0.15) is 0 Å². The van der Waals surface area contributed by atoms with Crippen molar-refractivity contribution in [3.63, 3.8) is 0 Å². The summed E-state index contributed by atoms with van der Waals surface area (Å²) in [6.45, 7) is 6.39. The van der Waals surface area contributed by atoms with Gasteiger partial charge in [0, 0.05) is 12.1 Å². The van der Waals surface area contributed by atoms with E-state index in [1.54, 1.807) is 12.1 Å². The van der Waals surface area contributed by atoms with Crippen molar-refractivity contribution in [2.45, 2.75) is 52.1 Å². The van der Waals surface area contributed by atoms with Crippen LogP contribution in [0.25, 0.3) is 0 Å². The summed E-state index contributed by atoms with van der Waals surface area (Å²) in [5.41, 5.74) is 5.75. The summed E-state index contributed by atoms with van der Waals surface area (Å²) in [6, 6.07) is 6.22. The smallest absolute Gasteiger partial charge is 0.335 e. The second-order valence-corrected chi connectivity index (χ2v) is 5.48. The van der Waals surface area contributed by atoms with E-state index in [1.807, 2.05) is 13.0 Å². The van der Waals surface area contributed by atoms with Gasteiger partial charge in [0.25, 0.3) is 0 Å². The lowest BCUT2D eigenvalue weighted by atomic mass is 9.99. The van der Waals surface area contributed by atoms with Crippen molar-refractivity contribution in [1.82, 2.24) is 5.01 Å². The van der Waals surface area contributed by atoms with Crippen LogP contribution in [-0.4, -0.2) is 28.2 Å². The van der Waals surface area contributed by atoms with E-state index >= 15 is 0 Å². The van der Waals surface area contributed by atoms with E-state index < -0.39 is 5.97 Å². The monoisotopic (exact) mass is 262 g/mol. The van der Waals surface area contributed by atoms with Gasteiger partial charge in [0.2, 0.25) is 0 Å². The molecule has 1 aromatic carbocycles. The molecule has 4 heteroatoms. The Morgan fingerprint density at radius 1 is 1.32 bits per heavy atom. The summed E-state index contributed by atoms with van der Waals surface area (Å²) in [6.07, 6.45) is 3.67. The standard InChI is InChI=1S/C15H22N2O2/c1-10-9-13(15(18)19)7-8-14(10)16-17-11(2)5-4-6-12(17)3/h7-9,11-12,16H,4-6H2,1-3H3,(H,18,19). The van der Waals surface area contributed by atoms with Crippen molar-refractivity contribution >= 4 is 11.7 Å². The number of anilines is 1. The highest BCUT2D eigenvalue weighted by molar-refractivity contribution is 5.88. The van der Waals surface area contributed by atoms with Crippen LogP contribution in [0.2, 0.25) is 0 Å². The molecular formula is C15H22N2O2. The minimum Gasteiger partial charge on any atom is -0.478 e. The van der Waals surface area contributed by atoms with E-state index in [1.165, 1.54) is 19.3 Å². The average molecular weight is 262 g/mol. The maximum atomic E-state index is 10.9. The molecule has 2 N–H and O–H groups in total. The molecule has 1 fully saturated rings. The Morgan fingerprint density at radius 2 is 1.95 bits per heavy atom. The predicted molar refractivity (Wildman–Crippen MR) is 76.4 cm³/mol. The highest BCUT2D eigenvalue weighted by Crippen LogP contribution is 2.25.